The van der Waals surface area contributed by atoms with E-state index in [1.54, 1.807) is 18.2 Å². The van der Waals surface area contributed by atoms with Crippen LogP contribution in [-0.4, -0.2) is 16.1 Å². The van der Waals surface area contributed by atoms with Crippen molar-refractivity contribution in [3.8, 4) is 5.88 Å². The second kappa shape index (κ2) is 5.27. The number of hydrogen-bond acceptors (Lipinski definition) is 3. The predicted molar refractivity (Wildman–Crippen MR) is 61.9 cm³/mol. The number of carboxylic acid groups (broad SMARTS) is 1. The third-order valence-electron chi connectivity index (χ3n) is 2.32. The Balaban J connectivity index is 2.02. The van der Waals surface area contributed by atoms with Crippen LogP contribution in [0.2, 0.25) is 0 Å². The Morgan fingerprint density at radius 3 is 2.67 bits per heavy atom. The molecule has 0 radical (unpaired) electrons. The van der Waals surface area contributed by atoms with Crippen molar-refractivity contribution in [1.82, 2.24) is 4.98 Å². The number of halogens is 1. The van der Waals surface area contributed by atoms with Gasteiger partial charge in [-0.25, -0.2) is 14.2 Å². The summed E-state index contributed by atoms with van der Waals surface area (Å²) in [6, 6.07) is 9.08. The lowest BCUT2D eigenvalue weighted by Gasteiger charge is -2.06. The topological polar surface area (TPSA) is 59.4 Å². The highest BCUT2D eigenvalue weighted by atomic mass is 19.1. The van der Waals surface area contributed by atoms with E-state index in [0.717, 1.165) is 0 Å². The fraction of sp³-hybridized carbons (Fsp3) is 0.0769. The molecule has 0 spiro atoms. The fourth-order valence-corrected chi connectivity index (χ4v) is 1.36. The molecule has 0 saturated carbocycles. The van der Waals surface area contributed by atoms with E-state index >= 15 is 0 Å². The number of aromatic nitrogens is 1. The second-order valence-corrected chi connectivity index (χ2v) is 3.57. The van der Waals surface area contributed by atoms with Crippen LogP contribution in [0.15, 0.2) is 42.6 Å². The maximum absolute atomic E-state index is 13.3. The normalized spacial score (nSPS) is 10.1. The van der Waals surface area contributed by atoms with Gasteiger partial charge in [-0.1, -0.05) is 18.2 Å². The van der Waals surface area contributed by atoms with Gasteiger partial charge >= 0.3 is 5.97 Å². The van der Waals surface area contributed by atoms with Crippen LogP contribution in [0.3, 0.4) is 0 Å². The van der Waals surface area contributed by atoms with E-state index in [1.165, 1.54) is 24.4 Å². The number of aromatic carboxylic acids is 1. The van der Waals surface area contributed by atoms with Crippen molar-refractivity contribution >= 4 is 5.97 Å². The summed E-state index contributed by atoms with van der Waals surface area (Å²) in [5.41, 5.74) is 0.495. The van der Waals surface area contributed by atoms with Gasteiger partial charge in [0.2, 0.25) is 5.88 Å². The summed E-state index contributed by atoms with van der Waals surface area (Å²) >= 11 is 0. The first-order chi connectivity index (χ1) is 8.66. The van der Waals surface area contributed by atoms with Gasteiger partial charge in [-0.05, 0) is 12.1 Å². The Bertz CT molecular complexity index is 554. The summed E-state index contributed by atoms with van der Waals surface area (Å²) in [6.07, 6.45) is 1.19. The van der Waals surface area contributed by atoms with Crippen molar-refractivity contribution in [1.29, 1.82) is 0 Å². The van der Waals surface area contributed by atoms with E-state index in [1.807, 2.05) is 0 Å². The first kappa shape index (κ1) is 12.0. The van der Waals surface area contributed by atoms with E-state index in [0.29, 0.717) is 5.56 Å². The van der Waals surface area contributed by atoms with Gasteiger partial charge in [0.15, 0.2) is 0 Å². The highest BCUT2D eigenvalue weighted by Crippen LogP contribution is 2.12. The van der Waals surface area contributed by atoms with E-state index in [2.05, 4.69) is 4.98 Å². The number of rotatable bonds is 4. The number of pyridine rings is 1. The largest absolute Gasteiger partial charge is 0.478 e. The Morgan fingerprint density at radius 1 is 1.28 bits per heavy atom. The minimum absolute atomic E-state index is 0.0477. The molecule has 5 heteroatoms. The summed E-state index contributed by atoms with van der Waals surface area (Å²) in [4.78, 5) is 14.4. The third kappa shape index (κ3) is 2.82. The third-order valence-corrected chi connectivity index (χ3v) is 2.32. The molecule has 0 aliphatic carbocycles. The van der Waals surface area contributed by atoms with Gasteiger partial charge in [0.1, 0.15) is 12.4 Å². The van der Waals surface area contributed by atoms with Gasteiger partial charge in [0, 0.05) is 17.8 Å². The molecule has 2 aromatic rings. The molecule has 1 heterocycles. The summed E-state index contributed by atoms with van der Waals surface area (Å²) in [6.45, 7) is 0.0477. The number of nitrogens with zero attached hydrogens (tertiary/aromatic N) is 1. The minimum atomic E-state index is -1.05. The Labute approximate surface area is 103 Å². The molecule has 0 bridgehead atoms. The molecule has 4 nitrogen and oxygen atoms in total. The van der Waals surface area contributed by atoms with Crippen LogP contribution in [0.4, 0.5) is 4.39 Å². The van der Waals surface area contributed by atoms with Crippen LogP contribution in [0.1, 0.15) is 15.9 Å². The van der Waals surface area contributed by atoms with Crippen molar-refractivity contribution in [3.63, 3.8) is 0 Å². The van der Waals surface area contributed by atoms with Crippen molar-refractivity contribution in [2.75, 3.05) is 0 Å². The molecule has 1 aromatic carbocycles. The van der Waals surface area contributed by atoms with Gasteiger partial charge in [-0.2, -0.15) is 0 Å². The zero-order valence-corrected chi connectivity index (χ0v) is 9.34. The Hall–Kier alpha value is -2.43. The van der Waals surface area contributed by atoms with Gasteiger partial charge in [0.25, 0.3) is 0 Å². The molecular formula is C13H10FNO3. The SMILES string of the molecule is O=C(O)c1ccc(OCc2ccccc2F)nc1. The van der Waals surface area contributed by atoms with Crippen molar-refractivity contribution in [2.24, 2.45) is 0 Å². The molecule has 18 heavy (non-hydrogen) atoms. The number of carbonyl (C=O) groups is 1. The fourth-order valence-electron chi connectivity index (χ4n) is 1.36. The maximum atomic E-state index is 13.3. The summed E-state index contributed by atoms with van der Waals surface area (Å²) < 4.78 is 18.5. The van der Waals surface area contributed by atoms with Gasteiger partial charge in [-0.15, -0.1) is 0 Å². The molecule has 2 rings (SSSR count). The molecule has 0 aliphatic rings. The summed E-state index contributed by atoms with van der Waals surface area (Å²) in [5.74, 6) is -1.15. The standard InChI is InChI=1S/C13H10FNO3/c14-11-4-2-1-3-10(11)8-18-12-6-5-9(7-15-12)13(16)17/h1-7H,8H2,(H,16,17). The molecule has 0 atom stereocenters. The number of hydrogen-bond donors (Lipinski definition) is 1. The minimum Gasteiger partial charge on any atom is -0.478 e. The van der Waals surface area contributed by atoms with Crippen molar-refractivity contribution < 1.29 is 19.0 Å². The lowest BCUT2D eigenvalue weighted by molar-refractivity contribution is 0.0696. The predicted octanol–water partition coefficient (Wildman–Crippen LogP) is 2.50. The van der Waals surface area contributed by atoms with Crippen LogP contribution in [-0.2, 0) is 6.61 Å². The highest BCUT2D eigenvalue weighted by molar-refractivity contribution is 5.87. The zero-order chi connectivity index (χ0) is 13.0. The zero-order valence-electron chi connectivity index (χ0n) is 9.34. The van der Waals surface area contributed by atoms with Crippen molar-refractivity contribution in [3.05, 3.63) is 59.5 Å². The summed E-state index contributed by atoms with van der Waals surface area (Å²) in [5, 5.41) is 8.69. The van der Waals surface area contributed by atoms with Gasteiger partial charge in [-0.3, -0.25) is 0 Å². The monoisotopic (exact) mass is 247 g/mol. The maximum Gasteiger partial charge on any atom is 0.337 e. The number of benzene rings is 1. The van der Waals surface area contributed by atoms with Crippen LogP contribution < -0.4 is 4.74 Å². The molecule has 0 aliphatic heterocycles. The average Bonchev–Trinajstić information content (AvgIpc) is 2.38. The summed E-state index contributed by atoms with van der Waals surface area (Å²) in [7, 11) is 0. The van der Waals surface area contributed by atoms with Gasteiger partial charge < -0.3 is 9.84 Å². The number of carboxylic acids is 1. The Morgan fingerprint density at radius 2 is 2.06 bits per heavy atom. The molecule has 0 fully saturated rings. The van der Waals surface area contributed by atoms with Gasteiger partial charge in [0.05, 0.1) is 5.56 Å². The smallest absolute Gasteiger partial charge is 0.337 e. The van der Waals surface area contributed by atoms with E-state index < -0.39 is 5.97 Å². The lowest BCUT2D eigenvalue weighted by atomic mass is 10.2. The van der Waals surface area contributed by atoms with Crippen molar-refractivity contribution in [2.45, 2.75) is 6.61 Å². The van der Waals surface area contributed by atoms with Crippen LogP contribution in [0.5, 0.6) is 5.88 Å². The molecule has 1 aromatic heterocycles. The quantitative estimate of drug-likeness (QED) is 0.901. The highest BCUT2D eigenvalue weighted by Gasteiger charge is 2.05. The van der Waals surface area contributed by atoms with Crippen LogP contribution >= 0.6 is 0 Å². The lowest BCUT2D eigenvalue weighted by Crippen LogP contribution is -2.01. The number of ether oxygens (including phenoxy) is 1. The second-order valence-electron chi connectivity index (χ2n) is 3.57. The van der Waals surface area contributed by atoms with E-state index in [-0.39, 0.29) is 23.9 Å². The molecule has 92 valence electrons. The first-order valence-corrected chi connectivity index (χ1v) is 5.22. The van der Waals surface area contributed by atoms with Crippen LogP contribution in [0.25, 0.3) is 0 Å². The Kier molecular flexibility index (Phi) is 3.52. The molecule has 0 unspecified atom stereocenters. The average molecular weight is 247 g/mol. The van der Waals surface area contributed by atoms with Crippen LogP contribution in [0, 0.1) is 5.82 Å². The molecule has 1 N–H and O–H groups in total. The molecule has 0 amide bonds. The first-order valence-electron chi connectivity index (χ1n) is 5.22. The van der Waals surface area contributed by atoms with E-state index in [9.17, 15) is 9.18 Å². The molecular weight excluding hydrogens is 237 g/mol. The van der Waals surface area contributed by atoms with E-state index in [4.69, 9.17) is 9.84 Å². The molecule has 0 saturated heterocycles.